The fraction of sp³-hybridized carbons (Fsp3) is 0. The maximum atomic E-state index is 13.3. The molecule has 0 fully saturated rings. The fourth-order valence-electron chi connectivity index (χ4n) is 2.21. The molecule has 3 aromatic rings. The quantitative estimate of drug-likeness (QED) is 0.689. The van der Waals surface area contributed by atoms with Crippen LogP contribution >= 0.6 is 11.6 Å². The predicted molar refractivity (Wildman–Crippen MR) is 81.0 cm³/mol. The molecule has 110 valence electrons. The smallest absolute Gasteiger partial charge is 0.195 e. The lowest BCUT2D eigenvalue weighted by atomic mass is 9.98. The Morgan fingerprint density at radius 2 is 1.73 bits per heavy atom. The second-order valence-corrected chi connectivity index (χ2v) is 5.15. The number of hydrogen-bond acceptors (Lipinski definition) is 1. The van der Waals surface area contributed by atoms with Crippen molar-refractivity contribution < 1.29 is 13.6 Å². The molecular weight excluding hydrogens is 308 g/mol. The zero-order chi connectivity index (χ0) is 15.7. The first-order valence-corrected chi connectivity index (χ1v) is 6.86. The molecule has 1 N–H and O–H groups in total. The van der Waals surface area contributed by atoms with Crippen LogP contribution in [0.4, 0.5) is 8.78 Å². The highest BCUT2D eigenvalue weighted by Gasteiger charge is 2.16. The maximum Gasteiger partial charge on any atom is 0.195 e. The first-order chi connectivity index (χ1) is 10.6. The van der Waals surface area contributed by atoms with Gasteiger partial charge in [-0.25, -0.2) is 8.78 Å². The van der Waals surface area contributed by atoms with E-state index in [0.717, 1.165) is 0 Å². The summed E-state index contributed by atoms with van der Waals surface area (Å²) in [6.45, 7) is 0. The van der Waals surface area contributed by atoms with Crippen LogP contribution in [0.2, 0.25) is 5.02 Å². The summed E-state index contributed by atoms with van der Waals surface area (Å²) in [4.78, 5) is 15.4. The first kappa shape index (κ1) is 14.5. The van der Waals surface area contributed by atoms with Crippen molar-refractivity contribution in [3.8, 4) is 11.1 Å². The van der Waals surface area contributed by atoms with Gasteiger partial charge >= 0.3 is 0 Å². The van der Waals surface area contributed by atoms with Gasteiger partial charge in [-0.05, 0) is 42.0 Å². The molecule has 1 aromatic heterocycles. The summed E-state index contributed by atoms with van der Waals surface area (Å²) >= 11 is 5.79. The van der Waals surface area contributed by atoms with Gasteiger partial charge < -0.3 is 4.98 Å². The Morgan fingerprint density at radius 1 is 1.00 bits per heavy atom. The molecule has 1 heterocycles. The Morgan fingerprint density at radius 3 is 2.41 bits per heavy atom. The van der Waals surface area contributed by atoms with Crippen LogP contribution in [-0.2, 0) is 0 Å². The standard InChI is InChI=1S/C17H10ClF2NO/c18-15-7-11(3-6-16(15)20)13-8-21-9-14(13)17(22)10-1-4-12(19)5-2-10/h1-9,21H. The number of nitrogens with one attached hydrogen (secondary N) is 1. The van der Waals surface area contributed by atoms with Crippen molar-refractivity contribution in [3.05, 3.63) is 82.6 Å². The molecule has 2 aromatic carbocycles. The van der Waals surface area contributed by atoms with Crippen molar-refractivity contribution in [2.45, 2.75) is 0 Å². The third-order valence-corrected chi connectivity index (χ3v) is 3.62. The number of rotatable bonds is 3. The van der Waals surface area contributed by atoms with Crippen LogP contribution in [0.1, 0.15) is 15.9 Å². The number of carbonyl (C=O) groups is 1. The van der Waals surface area contributed by atoms with E-state index in [-0.39, 0.29) is 10.8 Å². The molecular formula is C17H10ClF2NO. The van der Waals surface area contributed by atoms with Crippen molar-refractivity contribution in [1.29, 1.82) is 0 Å². The van der Waals surface area contributed by atoms with Gasteiger partial charge in [0.15, 0.2) is 5.78 Å². The minimum atomic E-state index is -0.521. The van der Waals surface area contributed by atoms with Gasteiger partial charge in [0, 0.05) is 29.1 Å². The SMILES string of the molecule is O=C(c1ccc(F)cc1)c1c[nH]cc1-c1ccc(F)c(Cl)c1. The van der Waals surface area contributed by atoms with Crippen LogP contribution in [0.3, 0.4) is 0 Å². The largest absolute Gasteiger partial charge is 0.366 e. The van der Waals surface area contributed by atoms with Gasteiger partial charge in [0.25, 0.3) is 0 Å². The molecule has 5 heteroatoms. The highest BCUT2D eigenvalue weighted by Crippen LogP contribution is 2.29. The van der Waals surface area contributed by atoms with Gasteiger partial charge in [-0.3, -0.25) is 4.79 Å². The van der Waals surface area contributed by atoms with Gasteiger partial charge in [0.05, 0.1) is 5.02 Å². The molecule has 0 atom stereocenters. The number of H-pyrrole nitrogens is 1. The number of hydrogen-bond donors (Lipinski definition) is 1. The Balaban J connectivity index is 2.03. The highest BCUT2D eigenvalue weighted by atomic mass is 35.5. The third-order valence-electron chi connectivity index (χ3n) is 3.33. The molecule has 0 aliphatic rings. The predicted octanol–water partition coefficient (Wildman–Crippen LogP) is 4.84. The topological polar surface area (TPSA) is 32.9 Å². The van der Waals surface area contributed by atoms with Crippen LogP contribution in [0, 0.1) is 11.6 Å². The van der Waals surface area contributed by atoms with E-state index in [1.807, 2.05) is 0 Å². The molecule has 0 bridgehead atoms. The number of aromatic amines is 1. The second kappa shape index (κ2) is 5.73. The molecule has 0 aliphatic carbocycles. The van der Waals surface area contributed by atoms with Gasteiger partial charge in [0.2, 0.25) is 0 Å². The average Bonchev–Trinajstić information content (AvgIpc) is 2.99. The zero-order valence-electron chi connectivity index (χ0n) is 11.2. The molecule has 0 unspecified atom stereocenters. The summed E-state index contributed by atoms with van der Waals surface area (Å²) in [5.41, 5.74) is 2.01. The molecule has 3 rings (SSSR count). The van der Waals surface area contributed by atoms with E-state index >= 15 is 0 Å². The van der Waals surface area contributed by atoms with Crippen LogP contribution < -0.4 is 0 Å². The van der Waals surface area contributed by atoms with E-state index in [4.69, 9.17) is 11.6 Å². The zero-order valence-corrected chi connectivity index (χ0v) is 12.0. The summed E-state index contributed by atoms with van der Waals surface area (Å²) in [7, 11) is 0. The Labute approximate surface area is 130 Å². The van der Waals surface area contributed by atoms with Crippen molar-refractivity contribution >= 4 is 17.4 Å². The van der Waals surface area contributed by atoms with Crippen LogP contribution in [0.5, 0.6) is 0 Å². The minimum Gasteiger partial charge on any atom is -0.366 e. The Kier molecular flexibility index (Phi) is 3.77. The summed E-state index contributed by atoms with van der Waals surface area (Å²) < 4.78 is 26.2. The molecule has 0 amide bonds. The molecule has 0 radical (unpaired) electrons. The lowest BCUT2D eigenvalue weighted by molar-refractivity contribution is 0.103. The fourth-order valence-corrected chi connectivity index (χ4v) is 2.39. The lowest BCUT2D eigenvalue weighted by Crippen LogP contribution is -2.01. The van der Waals surface area contributed by atoms with E-state index in [0.29, 0.717) is 22.3 Å². The van der Waals surface area contributed by atoms with Crippen LogP contribution in [0.25, 0.3) is 11.1 Å². The Hall–Kier alpha value is -2.46. The summed E-state index contributed by atoms with van der Waals surface area (Å²) in [6, 6.07) is 9.56. The number of benzene rings is 2. The van der Waals surface area contributed by atoms with Gasteiger partial charge in [0.1, 0.15) is 11.6 Å². The molecule has 0 saturated carbocycles. The third kappa shape index (κ3) is 2.65. The number of aromatic nitrogens is 1. The van der Waals surface area contributed by atoms with Crippen molar-refractivity contribution in [2.75, 3.05) is 0 Å². The van der Waals surface area contributed by atoms with Gasteiger partial charge in [-0.2, -0.15) is 0 Å². The highest BCUT2D eigenvalue weighted by molar-refractivity contribution is 6.31. The van der Waals surface area contributed by atoms with Crippen molar-refractivity contribution in [1.82, 2.24) is 4.98 Å². The normalized spacial score (nSPS) is 10.7. The van der Waals surface area contributed by atoms with Crippen molar-refractivity contribution in [3.63, 3.8) is 0 Å². The molecule has 0 aliphatic heterocycles. The average molecular weight is 318 g/mol. The summed E-state index contributed by atoms with van der Waals surface area (Å²) in [5.74, 6) is -1.18. The molecule has 0 spiro atoms. The van der Waals surface area contributed by atoms with Crippen LogP contribution in [0.15, 0.2) is 54.9 Å². The summed E-state index contributed by atoms with van der Waals surface area (Å²) in [5, 5.41) is -0.0149. The van der Waals surface area contributed by atoms with Gasteiger partial charge in [-0.1, -0.05) is 17.7 Å². The van der Waals surface area contributed by atoms with E-state index in [1.165, 1.54) is 36.4 Å². The van der Waals surface area contributed by atoms with Gasteiger partial charge in [-0.15, -0.1) is 0 Å². The molecule has 0 saturated heterocycles. The second-order valence-electron chi connectivity index (χ2n) is 4.75. The number of carbonyl (C=O) groups excluding carboxylic acids is 1. The van der Waals surface area contributed by atoms with E-state index in [1.54, 1.807) is 18.5 Å². The van der Waals surface area contributed by atoms with E-state index < -0.39 is 11.6 Å². The lowest BCUT2D eigenvalue weighted by Gasteiger charge is -2.05. The number of ketones is 1. The first-order valence-electron chi connectivity index (χ1n) is 6.49. The molecule has 22 heavy (non-hydrogen) atoms. The number of halogens is 3. The Bertz CT molecular complexity index is 840. The van der Waals surface area contributed by atoms with Crippen LogP contribution in [-0.4, -0.2) is 10.8 Å². The van der Waals surface area contributed by atoms with E-state index in [2.05, 4.69) is 4.98 Å². The minimum absolute atomic E-state index is 0.0149. The monoisotopic (exact) mass is 317 g/mol. The van der Waals surface area contributed by atoms with E-state index in [9.17, 15) is 13.6 Å². The van der Waals surface area contributed by atoms with Crippen molar-refractivity contribution in [2.24, 2.45) is 0 Å². The molecule has 2 nitrogen and oxygen atoms in total. The summed E-state index contributed by atoms with van der Waals surface area (Å²) in [6.07, 6.45) is 3.19. The maximum absolute atomic E-state index is 13.3.